The van der Waals surface area contributed by atoms with Gasteiger partial charge in [0.1, 0.15) is 5.71 Å². The molecule has 2 heterocycles. The molecule has 0 amide bonds. The summed E-state index contributed by atoms with van der Waals surface area (Å²) in [6.45, 7) is 4.40. The van der Waals surface area contributed by atoms with Gasteiger partial charge in [-0.3, -0.25) is 9.56 Å². The molecule has 8 heteroatoms. The van der Waals surface area contributed by atoms with Crippen LogP contribution in [-0.2, 0) is 34.3 Å². The number of ether oxygens (including phenoxy) is 2. The second-order valence-corrected chi connectivity index (χ2v) is 8.44. The summed E-state index contributed by atoms with van der Waals surface area (Å²) >= 11 is 0. The molecule has 0 N–H and O–H groups in total. The molecule has 142 valence electrons. The lowest BCUT2D eigenvalue weighted by molar-refractivity contribution is -0.153. The van der Waals surface area contributed by atoms with E-state index in [-0.39, 0.29) is 25.5 Å². The number of nitrogens with zero attached hydrogens (tertiary/aromatic N) is 1. The zero-order valence-corrected chi connectivity index (χ0v) is 15.9. The van der Waals surface area contributed by atoms with Crippen LogP contribution in [0, 0.1) is 0 Å². The molecule has 1 fully saturated rings. The van der Waals surface area contributed by atoms with Gasteiger partial charge in [-0.2, -0.15) is 0 Å². The summed E-state index contributed by atoms with van der Waals surface area (Å²) in [6.07, 6.45) is -0.180. The van der Waals surface area contributed by atoms with Crippen LogP contribution in [0.1, 0.15) is 25.8 Å². The molecule has 2 aliphatic heterocycles. The Balaban J connectivity index is 2.04. The van der Waals surface area contributed by atoms with Crippen molar-refractivity contribution in [3.05, 3.63) is 35.9 Å². The highest BCUT2D eigenvalue weighted by atomic mass is 31.2. The first-order valence-corrected chi connectivity index (χ1v) is 10.4. The fourth-order valence-corrected chi connectivity index (χ4v) is 5.61. The number of carbonyl (C=O) groups is 1. The molecule has 0 unspecified atom stereocenters. The Morgan fingerprint density at radius 2 is 1.92 bits per heavy atom. The van der Waals surface area contributed by atoms with E-state index in [2.05, 4.69) is 4.99 Å². The van der Waals surface area contributed by atoms with Gasteiger partial charge in [0.15, 0.2) is 6.10 Å². The average Bonchev–Trinajstić information content (AvgIpc) is 2.63. The van der Waals surface area contributed by atoms with Gasteiger partial charge in [0.05, 0.1) is 19.8 Å². The van der Waals surface area contributed by atoms with Gasteiger partial charge in [-0.25, -0.2) is 4.79 Å². The van der Waals surface area contributed by atoms with Gasteiger partial charge >= 0.3 is 13.6 Å². The highest BCUT2D eigenvalue weighted by Gasteiger charge is 2.61. The summed E-state index contributed by atoms with van der Waals surface area (Å²) in [5.74, 6) is -0.514. The molecule has 1 aromatic rings. The number of carbonyl (C=O) groups excluding carboxylic acids is 1. The maximum Gasteiger partial charge on any atom is 0.362 e. The summed E-state index contributed by atoms with van der Waals surface area (Å²) in [5.41, 5.74) is 1.15. The standard InChI is InChI=1S/C18H24NO6P/c1-3-23-26(21,24-4-2)18-10-11-22-13-16(18)25-17(20)15(19-18)12-14-8-6-5-7-9-14/h5-9,16H,3-4,10-13H2,1-2H3/t16-,18-/m0/s1. The zero-order chi connectivity index (χ0) is 18.6. The Kier molecular flexibility index (Phi) is 5.92. The summed E-state index contributed by atoms with van der Waals surface area (Å²) in [6, 6.07) is 9.50. The second-order valence-electron chi connectivity index (χ2n) is 6.15. The maximum absolute atomic E-state index is 13.6. The highest BCUT2D eigenvalue weighted by Crippen LogP contribution is 2.65. The van der Waals surface area contributed by atoms with Crippen molar-refractivity contribution in [3.63, 3.8) is 0 Å². The van der Waals surface area contributed by atoms with Crippen molar-refractivity contribution < 1.29 is 27.9 Å². The fraction of sp³-hybridized carbons (Fsp3) is 0.556. The third kappa shape index (κ3) is 3.49. The minimum atomic E-state index is -3.66. The van der Waals surface area contributed by atoms with E-state index in [1.54, 1.807) is 13.8 Å². The van der Waals surface area contributed by atoms with Crippen molar-refractivity contribution in [1.82, 2.24) is 0 Å². The van der Waals surface area contributed by atoms with Crippen LogP contribution in [0.3, 0.4) is 0 Å². The normalized spacial score (nSPS) is 26.0. The van der Waals surface area contributed by atoms with Crippen molar-refractivity contribution in [3.8, 4) is 0 Å². The molecule has 26 heavy (non-hydrogen) atoms. The van der Waals surface area contributed by atoms with E-state index in [0.717, 1.165) is 5.56 Å². The Morgan fingerprint density at radius 3 is 2.58 bits per heavy atom. The number of benzene rings is 1. The summed E-state index contributed by atoms with van der Waals surface area (Å²) in [7, 11) is -3.66. The van der Waals surface area contributed by atoms with Gasteiger partial charge < -0.3 is 18.5 Å². The monoisotopic (exact) mass is 381 g/mol. The lowest BCUT2D eigenvalue weighted by Gasteiger charge is -2.45. The molecule has 0 radical (unpaired) electrons. The Bertz CT molecular complexity index is 712. The average molecular weight is 381 g/mol. The Morgan fingerprint density at radius 1 is 1.23 bits per heavy atom. The molecule has 7 nitrogen and oxygen atoms in total. The first-order chi connectivity index (χ1) is 12.5. The van der Waals surface area contributed by atoms with Gasteiger partial charge in [0, 0.05) is 19.4 Å². The van der Waals surface area contributed by atoms with Crippen LogP contribution in [0.5, 0.6) is 0 Å². The van der Waals surface area contributed by atoms with Crippen molar-refractivity contribution >= 4 is 19.3 Å². The first kappa shape index (κ1) is 19.2. The number of aliphatic imine (C=N–C) groups is 1. The van der Waals surface area contributed by atoms with E-state index >= 15 is 0 Å². The van der Waals surface area contributed by atoms with Gasteiger partial charge in [-0.05, 0) is 19.4 Å². The lowest BCUT2D eigenvalue weighted by atomic mass is 10.0. The molecule has 2 aliphatic rings. The Hall–Kier alpha value is -1.53. The van der Waals surface area contributed by atoms with E-state index in [9.17, 15) is 9.36 Å². The minimum absolute atomic E-state index is 0.123. The molecule has 0 aliphatic carbocycles. The van der Waals surface area contributed by atoms with Crippen LogP contribution in [-0.4, -0.2) is 49.5 Å². The van der Waals surface area contributed by atoms with Crippen LogP contribution >= 0.6 is 7.60 Å². The quantitative estimate of drug-likeness (QED) is 0.533. The number of esters is 1. The highest BCUT2D eigenvalue weighted by molar-refractivity contribution is 7.55. The van der Waals surface area contributed by atoms with E-state index < -0.39 is 24.9 Å². The number of rotatable bonds is 7. The molecule has 1 aromatic carbocycles. The summed E-state index contributed by atoms with van der Waals surface area (Å²) in [5, 5.41) is -1.25. The predicted molar refractivity (Wildman–Crippen MR) is 96.5 cm³/mol. The molecular formula is C18H24NO6P. The smallest absolute Gasteiger partial charge is 0.362 e. The third-order valence-electron chi connectivity index (χ3n) is 4.50. The largest absolute Gasteiger partial charge is 0.452 e. The fourth-order valence-electron chi connectivity index (χ4n) is 3.32. The number of hydrogen-bond donors (Lipinski definition) is 0. The van der Waals surface area contributed by atoms with Gasteiger partial charge in [-0.15, -0.1) is 0 Å². The van der Waals surface area contributed by atoms with Crippen molar-refractivity contribution in [2.45, 2.75) is 38.1 Å². The topological polar surface area (TPSA) is 83.4 Å². The van der Waals surface area contributed by atoms with Crippen LogP contribution < -0.4 is 0 Å². The zero-order valence-electron chi connectivity index (χ0n) is 15.1. The van der Waals surface area contributed by atoms with E-state index in [1.165, 1.54) is 0 Å². The molecule has 0 bridgehead atoms. The molecule has 1 saturated heterocycles. The van der Waals surface area contributed by atoms with E-state index in [0.29, 0.717) is 19.4 Å². The van der Waals surface area contributed by atoms with Gasteiger partial charge in [-0.1, -0.05) is 30.3 Å². The van der Waals surface area contributed by atoms with Crippen molar-refractivity contribution in [2.24, 2.45) is 4.99 Å². The minimum Gasteiger partial charge on any atom is -0.452 e. The summed E-state index contributed by atoms with van der Waals surface area (Å²) < 4.78 is 35.8. The van der Waals surface area contributed by atoms with Crippen LogP contribution in [0.4, 0.5) is 0 Å². The van der Waals surface area contributed by atoms with Crippen LogP contribution in [0.15, 0.2) is 35.3 Å². The molecule has 0 aromatic heterocycles. The van der Waals surface area contributed by atoms with Crippen molar-refractivity contribution in [2.75, 3.05) is 26.4 Å². The molecule has 2 atom stereocenters. The molecule has 0 spiro atoms. The van der Waals surface area contributed by atoms with Crippen LogP contribution in [0.2, 0.25) is 0 Å². The molecule has 0 saturated carbocycles. The second kappa shape index (κ2) is 8.01. The van der Waals surface area contributed by atoms with Crippen LogP contribution in [0.25, 0.3) is 0 Å². The van der Waals surface area contributed by atoms with Gasteiger partial charge in [0.25, 0.3) is 0 Å². The number of hydrogen-bond acceptors (Lipinski definition) is 7. The third-order valence-corrected chi connectivity index (χ3v) is 7.26. The van der Waals surface area contributed by atoms with E-state index in [1.807, 2.05) is 30.3 Å². The van der Waals surface area contributed by atoms with E-state index in [4.69, 9.17) is 18.5 Å². The summed E-state index contributed by atoms with van der Waals surface area (Å²) in [4.78, 5) is 17.1. The molecule has 3 rings (SSSR count). The molecular weight excluding hydrogens is 357 g/mol. The van der Waals surface area contributed by atoms with Crippen molar-refractivity contribution in [1.29, 1.82) is 0 Å². The number of fused-ring (bicyclic) bond motifs is 1. The predicted octanol–water partition coefficient (Wildman–Crippen LogP) is 2.98. The first-order valence-electron chi connectivity index (χ1n) is 8.85. The lowest BCUT2D eigenvalue weighted by Crippen LogP contribution is -2.55. The van der Waals surface area contributed by atoms with Gasteiger partial charge in [0.2, 0.25) is 5.28 Å². The Labute approximate surface area is 153 Å². The maximum atomic E-state index is 13.6. The SMILES string of the molecule is CCOP(=O)(OCC)[C@@]12CCOC[C@@H]1OC(=O)C(Cc1ccccc1)=N2.